The molecule has 0 saturated heterocycles. The Morgan fingerprint density at radius 1 is 1.15 bits per heavy atom. The van der Waals surface area contributed by atoms with E-state index in [2.05, 4.69) is 47.6 Å². The lowest BCUT2D eigenvalue weighted by atomic mass is 10.1. The summed E-state index contributed by atoms with van der Waals surface area (Å²) in [7, 11) is 0. The third kappa shape index (κ3) is 3.26. The summed E-state index contributed by atoms with van der Waals surface area (Å²) in [6.45, 7) is 3.94. The first-order chi connectivity index (χ1) is 9.86. The fraction of sp³-hybridized carbons (Fsp3) is 0.389. The Balaban J connectivity index is 1.58. The number of hydrogen-bond donors (Lipinski definition) is 1. The normalized spacial score (nSPS) is 14.4. The summed E-state index contributed by atoms with van der Waals surface area (Å²) >= 11 is 0. The van der Waals surface area contributed by atoms with Gasteiger partial charge in [0.15, 0.2) is 0 Å². The van der Waals surface area contributed by atoms with Crippen molar-refractivity contribution in [1.29, 1.82) is 0 Å². The predicted octanol–water partition coefficient (Wildman–Crippen LogP) is 3.81. The Kier molecular flexibility index (Phi) is 4.12. The van der Waals surface area contributed by atoms with E-state index in [-0.39, 0.29) is 0 Å². The van der Waals surface area contributed by atoms with Crippen LogP contribution in [0.4, 0.5) is 0 Å². The van der Waals surface area contributed by atoms with Crippen LogP contribution in [0.3, 0.4) is 0 Å². The van der Waals surface area contributed by atoms with E-state index >= 15 is 0 Å². The van der Waals surface area contributed by atoms with Gasteiger partial charge in [-0.15, -0.1) is 0 Å². The van der Waals surface area contributed by atoms with Gasteiger partial charge in [0.05, 0.1) is 5.69 Å². The van der Waals surface area contributed by atoms with Crippen molar-refractivity contribution in [2.45, 2.75) is 45.2 Å². The minimum absolute atomic E-state index is 0.831. The molecule has 1 fully saturated rings. The van der Waals surface area contributed by atoms with E-state index in [4.69, 9.17) is 0 Å². The molecule has 104 valence electrons. The summed E-state index contributed by atoms with van der Waals surface area (Å²) in [4.78, 5) is 4.47. The molecule has 0 unspecified atom stereocenters. The van der Waals surface area contributed by atoms with Crippen LogP contribution >= 0.6 is 0 Å². The molecule has 0 amide bonds. The topological polar surface area (TPSA) is 24.9 Å². The molecule has 1 saturated carbocycles. The van der Waals surface area contributed by atoms with Gasteiger partial charge in [0.2, 0.25) is 0 Å². The maximum atomic E-state index is 4.47. The van der Waals surface area contributed by atoms with Crippen molar-refractivity contribution in [2.24, 2.45) is 0 Å². The molecular formula is C18H22N2. The summed E-state index contributed by atoms with van der Waals surface area (Å²) < 4.78 is 0. The third-order valence-electron chi connectivity index (χ3n) is 3.99. The van der Waals surface area contributed by atoms with Crippen LogP contribution < -0.4 is 5.32 Å². The van der Waals surface area contributed by atoms with Crippen molar-refractivity contribution in [3.63, 3.8) is 0 Å². The number of rotatable bonds is 6. The molecule has 20 heavy (non-hydrogen) atoms. The van der Waals surface area contributed by atoms with Crippen LogP contribution in [-0.2, 0) is 19.5 Å². The highest BCUT2D eigenvalue weighted by atomic mass is 14.9. The van der Waals surface area contributed by atoms with E-state index in [1.54, 1.807) is 0 Å². The number of pyridine rings is 1. The second-order valence-electron chi connectivity index (χ2n) is 5.59. The molecule has 2 nitrogen and oxygen atoms in total. The van der Waals surface area contributed by atoms with Crippen molar-refractivity contribution in [1.82, 2.24) is 10.3 Å². The first kappa shape index (κ1) is 13.3. The highest BCUT2D eigenvalue weighted by Gasteiger charge is 2.23. The molecule has 0 aliphatic heterocycles. The number of aryl methyl sites for hydroxylation is 1. The molecule has 1 aromatic heterocycles. The molecule has 2 aromatic rings. The standard InChI is InChI=1S/C18H22N2/c1-2-15-7-4-10-20-18(15)13-19-12-14-5-3-6-17(11-14)16-8-9-16/h3-7,10-11,16,19H,2,8-9,12-13H2,1H3. The Labute approximate surface area is 121 Å². The number of nitrogens with one attached hydrogen (secondary N) is 1. The maximum absolute atomic E-state index is 4.47. The fourth-order valence-electron chi connectivity index (χ4n) is 2.65. The quantitative estimate of drug-likeness (QED) is 0.860. The lowest BCUT2D eigenvalue weighted by Gasteiger charge is -2.09. The zero-order valence-corrected chi connectivity index (χ0v) is 12.1. The zero-order valence-electron chi connectivity index (χ0n) is 12.1. The van der Waals surface area contributed by atoms with Crippen LogP contribution in [0.2, 0.25) is 0 Å². The summed E-state index contributed by atoms with van der Waals surface area (Å²) in [5.41, 5.74) is 5.40. The van der Waals surface area contributed by atoms with Gasteiger partial charge in [0.1, 0.15) is 0 Å². The molecule has 2 heteroatoms. The van der Waals surface area contributed by atoms with Gasteiger partial charge in [0.25, 0.3) is 0 Å². The van der Waals surface area contributed by atoms with Crippen LogP contribution in [0.5, 0.6) is 0 Å². The van der Waals surface area contributed by atoms with E-state index < -0.39 is 0 Å². The predicted molar refractivity (Wildman–Crippen MR) is 82.6 cm³/mol. The summed E-state index contributed by atoms with van der Waals surface area (Å²) in [5.74, 6) is 0.831. The van der Waals surface area contributed by atoms with Gasteiger partial charge in [-0.2, -0.15) is 0 Å². The molecule has 3 rings (SSSR count). The molecule has 1 N–H and O–H groups in total. The highest BCUT2D eigenvalue weighted by Crippen LogP contribution is 2.40. The van der Waals surface area contributed by atoms with Crippen LogP contribution in [0, 0.1) is 0 Å². The van der Waals surface area contributed by atoms with Gasteiger partial charge in [-0.1, -0.05) is 37.3 Å². The minimum atomic E-state index is 0.831. The van der Waals surface area contributed by atoms with Crippen LogP contribution in [0.1, 0.15) is 48.1 Å². The molecule has 0 bridgehead atoms. The Hall–Kier alpha value is -1.67. The lowest BCUT2D eigenvalue weighted by molar-refractivity contribution is 0.673. The highest BCUT2D eigenvalue weighted by molar-refractivity contribution is 5.29. The summed E-state index contributed by atoms with van der Waals surface area (Å²) in [5, 5.41) is 3.52. The van der Waals surface area contributed by atoms with E-state index in [0.717, 1.165) is 25.4 Å². The number of aromatic nitrogens is 1. The van der Waals surface area contributed by atoms with Gasteiger partial charge in [-0.25, -0.2) is 0 Å². The number of nitrogens with zero attached hydrogens (tertiary/aromatic N) is 1. The van der Waals surface area contributed by atoms with Crippen LogP contribution in [0.25, 0.3) is 0 Å². The maximum Gasteiger partial charge on any atom is 0.0573 e. The van der Waals surface area contributed by atoms with Gasteiger partial charge in [-0.3, -0.25) is 4.98 Å². The van der Waals surface area contributed by atoms with Crippen molar-refractivity contribution < 1.29 is 0 Å². The van der Waals surface area contributed by atoms with Crippen molar-refractivity contribution >= 4 is 0 Å². The molecule has 0 radical (unpaired) electrons. The molecule has 0 spiro atoms. The number of hydrogen-bond acceptors (Lipinski definition) is 2. The van der Waals surface area contributed by atoms with Crippen LogP contribution in [-0.4, -0.2) is 4.98 Å². The lowest BCUT2D eigenvalue weighted by Crippen LogP contribution is -2.15. The van der Waals surface area contributed by atoms with Crippen molar-refractivity contribution in [3.8, 4) is 0 Å². The molecule has 0 atom stereocenters. The molecule has 1 heterocycles. The van der Waals surface area contributed by atoms with E-state index in [9.17, 15) is 0 Å². The Morgan fingerprint density at radius 2 is 2.05 bits per heavy atom. The minimum Gasteiger partial charge on any atom is -0.307 e. The molecule has 1 aromatic carbocycles. The second kappa shape index (κ2) is 6.19. The molecular weight excluding hydrogens is 244 g/mol. The van der Waals surface area contributed by atoms with Gasteiger partial charge in [-0.05, 0) is 47.9 Å². The van der Waals surface area contributed by atoms with Gasteiger partial charge in [0, 0.05) is 19.3 Å². The van der Waals surface area contributed by atoms with E-state index in [0.29, 0.717) is 0 Å². The second-order valence-corrected chi connectivity index (χ2v) is 5.59. The fourth-order valence-corrected chi connectivity index (χ4v) is 2.65. The molecule has 1 aliphatic carbocycles. The van der Waals surface area contributed by atoms with E-state index in [1.165, 1.54) is 35.2 Å². The monoisotopic (exact) mass is 266 g/mol. The van der Waals surface area contributed by atoms with Gasteiger partial charge >= 0.3 is 0 Å². The first-order valence-electron chi connectivity index (χ1n) is 7.59. The van der Waals surface area contributed by atoms with Gasteiger partial charge < -0.3 is 5.32 Å². The smallest absolute Gasteiger partial charge is 0.0573 e. The van der Waals surface area contributed by atoms with E-state index in [1.807, 2.05) is 12.3 Å². The Bertz CT molecular complexity index is 573. The largest absolute Gasteiger partial charge is 0.307 e. The number of benzene rings is 1. The zero-order chi connectivity index (χ0) is 13.8. The average molecular weight is 266 g/mol. The van der Waals surface area contributed by atoms with Crippen LogP contribution in [0.15, 0.2) is 42.6 Å². The summed E-state index contributed by atoms with van der Waals surface area (Å²) in [6.07, 6.45) is 5.65. The van der Waals surface area contributed by atoms with Crippen molar-refractivity contribution in [3.05, 3.63) is 65.0 Å². The third-order valence-corrected chi connectivity index (χ3v) is 3.99. The summed E-state index contributed by atoms with van der Waals surface area (Å²) in [6, 6.07) is 13.2. The SMILES string of the molecule is CCc1cccnc1CNCc1cccc(C2CC2)c1. The average Bonchev–Trinajstić information content (AvgIpc) is 3.33. The Morgan fingerprint density at radius 3 is 2.85 bits per heavy atom. The first-order valence-corrected chi connectivity index (χ1v) is 7.59. The van der Waals surface area contributed by atoms with Crippen molar-refractivity contribution in [2.75, 3.05) is 0 Å². The molecule has 1 aliphatic rings.